The fourth-order valence-corrected chi connectivity index (χ4v) is 1.81. The first kappa shape index (κ1) is 11.1. The number of nitrogens with two attached hydrogens (primary N) is 1. The molecule has 0 bridgehead atoms. The summed E-state index contributed by atoms with van der Waals surface area (Å²) in [5.74, 6) is 1.01. The molecule has 0 fully saturated rings. The standard InChI is InChI=1S/C13H17NO2/c1-13(2,8-14)12(15)10-3-4-11-9(7-10)5-6-16-11/h3-4,7H,5-6,8,14H2,1-2H3. The number of benzene rings is 1. The molecule has 0 radical (unpaired) electrons. The Morgan fingerprint density at radius 1 is 1.50 bits per heavy atom. The third kappa shape index (κ3) is 1.83. The second-order valence-corrected chi connectivity index (χ2v) is 4.84. The van der Waals surface area contributed by atoms with Gasteiger partial charge in [-0.3, -0.25) is 4.79 Å². The summed E-state index contributed by atoms with van der Waals surface area (Å²) in [7, 11) is 0. The van der Waals surface area contributed by atoms with Crippen molar-refractivity contribution in [1.82, 2.24) is 0 Å². The Labute approximate surface area is 95.6 Å². The second kappa shape index (κ2) is 3.91. The average Bonchev–Trinajstić information content (AvgIpc) is 2.74. The zero-order valence-corrected chi connectivity index (χ0v) is 9.75. The Morgan fingerprint density at radius 3 is 2.94 bits per heavy atom. The van der Waals surface area contributed by atoms with E-state index in [9.17, 15) is 4.79 Å². The van der Waals surface area contributed by atoms with Crippen LogP contribution in [0.2, 0.25) is 0 Å². The molecule has 0 atom stereocenters. The highest BCUT2D eigenvalue weighted by Crippen LogP contribution is 2.28. The van der Waals surface area contributed by atoms with Crippen molar-refractivity contribution in [3.8, 4) is 5.75 Å². The largest absolute Gasteiger partial charge is 0.493 e. The van der Waals surface area contributed by atoms with E-state index >= 15 is 0 Å². The fourth-order valence-electron chi connectivity index (χ4n) is 1.81. The van der Waals surface area contributed by atoms with E-state index in [4.69, 9.17) is 10.5 Å². The van der Waals surface area contributed by atoms with Gasteiger partial charge in [0.1, 0.15) is 5.75 Å². The molecule has 1 aromatic carbocycles. The zero-order chi connectivity index (χ0) is 11.8. The topological polar surface area (TPSA) is 52.3 Å². The van der Waals surface area contributed by atoms with Crippen LogP contribution < -0.4 is 10.5 Å². The minimum Gasteiger partial charge on any atom is -0.493 e. The quantitative estimate of drug-likeness (QED) is 0.788. The number of carbonyl (C=O) groups excluding carboxylic acids is 1. The molecule has 0 amide bonds. The first-order valence-corrected chi connectivity index (χ1v) is 5.55. The third-order valence-electron chi connectivity index (χ3n) is 3.08. The minimum atomic E-state index is -0.492. The SMILES string of the molecule is CC(C)(CN)C(=O)c1ccc2c(c1)CCO2. The molecule has 3 nitrogen and oxygen atoms in total. The van der Waals surface area contributed by atoms with E-state index in [2.05, 4.69) is 0 Å². The van der Waals surface area contributed by atoms with E-state index in [1.165, 1.54) is 0 Å². The molecule has 86 valence electrons. The Hall–Kier alpha value is -1.35. The van der Waals surface area contributed by atoms with Crippen molar-refractivity contribution in [1.29, 1.82) is 0 Å². The van der Waals surface area contributed by atoms with E-state index in [0.717, 1.165) is 23.3 Å². The lowest BCUT2D eigenvalue weighted by Gasteiger charge is -2.20. The van der Waals surface area contributed by atoms with Gasteiger partial charge in [-0.1, -0.05) is 13.8 Å². The van der Waals surface area contributed by atoms with E-state index in [0.29, 0.717) is 13.2 Å². The maximum atomic E-state index is 12.2. The van der Waals surface area contributed by atoms with Gasteiger partial charge >= 0.3 is 0 Å². The maximum Gasteiger partial charge on any atom is 0.169 e. The van der Waals surface area contributed by atoms with Gasteiger partial charge < -0.3 is 10.5 Å². The van der Waals surface area contributed by atoms with Gasteiger partial charge in [0.05, 0.1) is 6.61 Å². The summed E-state index contributed by atoms with van der Waals surface area (Å²) in [4.78, 5) is 12.2. The fraction of sp³-hybridized carbons (Fsp3) is 0.462. The van der Waals surface area contributed by atoms with Gasteiger partial charge in [0.15, 0.2) is 5.78 Å². The van der Waals surface area contributed by atoms with Crippen LogP contribution in [0.25, 0.3) is 0 Å². The number of Topliss-reactive ketones (excluding diaryl/α,β-unsaturated/α-hetero) is 1. The average molecular weight is 219 g/mol. The van der Waals surface area contributed by atoms with Crippen molar-refractivity contribution in [2.75, 3.05) is 13.2 Å². The molecule has 0 spiro atoms. The molecule has 0 unspecified atom stereocenters. The summed E-state index contributed by atoms with van der Waals surface area (Å²) in [5.41, 5.74) is 6.98. The number of hydrogen-bond donors (Lipinski definition) is 1. The summed E-state index contributed by atoms with van der Waals surface area (Å²) in [6, 6.07) is 5.63. The van der Waals surface area contributed by atoms with Crippen LogP contribution in [0.1, 0.15) is 29.8 Å². The summed E-state index contributed by atoms with van der Waals surface area (Å²) >= 11 is 0. The smallest absolute Gasteiger partial charge is 0.169 e. The van der Waals surface area contributed by atoms with Crippen LogP contribution in [0, 0.1) is 5.41 Å². The molecule has 1 heterocycles. The van der Waals surface area contributed by atoms with Gasteiger partial charge in [-0.25, -0.2) is 0 Å². The molecular formula is C13H17NO2. The van der Waals surface area contributed by atoms with Gasteiger partial charge in [0, 0.05) is 23.9 Å². The number of fused-ring (bicyclic) bond motifs is 1. The molecule has 1 aliphatic rings. The molecule has 3 heteroatoms. The van der Waals surface area contributed by atoms with Crippen LogP contribution in [-0.2, 0) is 6.42 Å². The first-order chi connectivity index (χ1) is 7.54. The molecule has 1 aliphatic heterocycles. The number of carbonyl (C=O) groups is 1. The molecule has 0 saturated heterocycles. The van der Waals surface area contributed by atoms with Gasteiger partial charge in [0.25, 0.3) is 0 Å². The number of rotatable bonds is 3. The van der Waals surface area contributed by atoms with Crippen LogP contribution in [0.5, 0.6) is 5.75 Å². The summed E-state index contributed by atoms with van der Waals surface area (Å²) in [6.45, 7) is 4.82. The minimum absolute atomic E-state index is 0.102. The molecule has 16 heavy (non-hydrogen) atoms. The molecule has 0 saturated carbocycles. The predicted molar refractivity (Wildman–Crippen MR) is 62.8 cm³/mol. The molecule has 0 aromatic heterocycles. The van der Waals surface area contributed by atoms with Crippen LogP contribution in [0.3, 0.4) is 0 Å². The van der Waals surface area contributed by atoms with Gasteiger partial charge in [0.2, 0.25) is 0 Å². The van der Waals surface area contributed by atoms with E-state index in [1.807, 2.05) is 32.0 Å². The lowest BCUT2D eigenvalue weighted by molar-refractivity contribution is 0.0847. The van der Waals surface area contributed by atoms with Gasteiger partial charge in [-0.15, -0.1) is 0 Å². The molecule has 2 N–H and O–H groups in total. The highest BCUT2D eigenvalue weighted by atomic mass is 16.5. The van der Waals surface area contributed by atoms with Crippen LogP contribution in [0.15, 0.2) is 18.2 Å². The van der Waals surface area contributed by atoms with Gasteiger partial charge in [-0.2, -0.15) is 0 Å². The highest BCUT2D eigenvalue weighted by Gasteiger charge is 2.27. The van der Waals surface area contributed by atoms with E-state index < -0.39 is 5.41 Å². The van der Waals surface area contributed by atoms with Gasteiger partial charge in [-0.05, 0) is 23.8 Å². The van der Waals surface area contributed by atoms with Crippen molar-refractivity contribution < 1.29 is 9.53 Å². The second-order valence-electron chi connectivity index (χ2n) is 4.84. The maximum absolute atomic E-state index is 12.2. The van der Waals surface area contributed by atoms with Crippen molar-refractivity contribution >= 4 is 5.78 Å². The van der Waals surface area contributed by atoms with Crippen molar-refractivity contribution in [3.05, 3.63) is 29.3 Å². The molecule has 0 aliphatic carbocycles. The molecule has 2 rings (SSSR count). The number of ether oxygens (including phenoxy) is 1. The van der Waals surface area contributed by atoms with Crippen molar-refractivity contribution in [2.24, 2.45) is 11.1 Å². The monoisotopic (exact) mass is 219 g/mol. The number of hydrogen-bond acceptors (Lipinski definition) is 3. The Bertz CT molecular complexity index is 424. The van der Waals surface area contributed by atoms with Crippen molar-refractivity contribution in [3.63, 3.8) is 0 Å². The van der Waals surface area contributed by atoms with E-state index in [1.54, 1.807) is 0 Å². The summed E-state index contributed by atoms with van der Waals surface area (Å²) < 4.78 is 5.41. The molecule has 1 aromatic rings. The first-order valence-electron chi connectivity index (χ1n) is 5.55. The third-order valence-corrected chi connectivity index (χ3v) is 3.08. The van der Waals surface area contributed by atoms with E-state index in [-0.39, 0.29) is 5.78 Å². The van der Waals surface area contributed by atoms with Crippen molar-refractivity contribution in [2.45, 2.75) is 20.3 Å². The lowest BCUT2D eigenvalue weighted by Crippen LogP contribution is -2.32. The Morgan fingerprint density at radius 2 is 2.25 bits per heavy atom. The van der Waals surface area contributed by atoms with Crippen LogP contribution in [0.4, 0.5) is 0 Å². The predicted octanol–water partition coefficient (Wildman–Crippen LogP) is 1.79. The van der Waals surface area contributed by atoms with Crippen LogP contribution >= 0.6 is 0 Å². The Kier molecular flexibility index (Phi) is 2.72. The zero-order valence-electron chi connectivity index (χ0n) is 9.75. The molecular weight excluding hydrogens is 202 g/mol. The number of ketones is 1. The highest BCUT2D eigenvalue weighted by molar-refractivity contribution is 6.00. The summed E-state index contributed by atoms with van der Waals surface area (Å²) in [6.07, 6.45) is 0.888. The Balaban J connectivity index is 2.32. The van der Waals surface area contributed by atoms with Crippen LogP contribution in [-0.4, -0.2) is 18.9 Å². The summed E-state index contributed by atoms with van der Waals surface area (Å²) in [5, 5.41) is 0. The normalized spacial score (nSPS) is 14.4. The lowest BCUT2D eigenvalue weighted by atomic mass is 9.84.